The SMILES string of the molecule is CC(=O)C(c1ccccc1Cl)N1CCC(C(=O)CCCCc2ccc3c(n2)NCCC3)CC1. The topological polar surface area (TPSA) is 62.3 Å². The summed E-state index contributed by atoms with van der Waals surface area (Å²) in [5.41, 5.74) is 3.29. The van der Waals surface area contributed by atoms with Gasteiger partial charge in [0.05, 0.1) is 6.04 Å². The Morgan fingerprint density at radius 1 is 1.15 bits per heavy atom. The number of ketones is 2. The number of nitrogens with one attached hydrogen (secondary N) is 1. The van der Waals surface area contributed by atoms with Crippen molar-refractivity contribution in [2.75, 3.05) is 25.0 Å². The summed E-state index contributed by atoms with van der Waals surface area (Å²) in [5, 5.41) is 4.01. The number of fused-ring (bicyclic) bond motifs is 1. The van der Waals surface area contributed by atoms with Crippen LogP contribution in [0.4, 0.5) is 5.82 Å². The largest absolute Gasteiger partial charge is 0.370 e. The number of likely N-dealkylation sites (tertiary alicyclic amines) is 1. The minimum atomic E-state index is -0.326. The van der Waals surface area contributed by atoms with Crippen LogP contribution in [0.5, 0.6) is 0 Å². The van der Waals surface area contributed by atoms with Gasteiger partial charge in [-0.05, 0) is 88.2 Å². The fourth-order valence-electron chi connectivity index (χ4n) is 5.17. The molecule has 1 unspecified atom stereocenters. The molecule has 0 amide bonds. The van der Waals surface area contributed by atoms with Crippen molar-refractivity contribution in [3.8, 4) is 0 Å². The van der Waals surface area contributed by atoms with E-state index in [1.54, 1.807) is 6.92 Å². The standard InChI is InChI=1S/C27H34ClN3O2/c1-19(32)26(23-9-3-4-10-24(23)28)31-17-14-20(15-18-31)25(33)11-5-2-8-22-13-12-21-7-6-16-29-27(21)30-22/h3-4,9-10,12-13,20,26H,2,5-8,11,14-18H2,1H3,(H,29,30). The summed E-state index contributed by atoms with van der Waals surface area (Å²) in [5.74, 6) is 1.61. The summed E-state index contributed by atoms with van der Waals surface area (Å²) >= 11 is 6.37. The van der Waals surface area contributed by atoms with Gasteiger partial charge in [0.1, 0.15) is 11.6 Å². The molecule has 176 valence electrons. The summed E-state index contributed by atoms with van der Waals surface area (Å²) < 4.78 is 0. The van der Waals surface area contributed by atoms with Crippen LogP contribution in [0.2, 0.25) is 5.02 Å². The van der Waals surface area contributed by atoms with Crippen molar-refractivity contribution in [2.45, 2.75) is 64.3 Å². The quantitative estimate of drug-likeness (QED) is 0.499. The van der Waals surface area contributed by atoms with Crippen LogP contribution in [0.3, 0.4) is 0 Å². The number of unbranched alkanes of at least 4 members (excludes halogenated alkanes) is 1. The molecule has 1 aromatic heterocycles. The van der Waals surface area contributed by atoms with E-state index in [9.17, 15) is 9.59 Å². The number of carbonyl (C=O) groups excluding carboxylic acids is 2. The zero-order valence-electron chi connectivity index (χ0n) is 19.5. The zero-order valence-corrected chi connectivity index (χ0v) is 20.2. The van der Waals surface area contributed by atoms with Gasteiger partial charge >= 0.3 is 0 Å². The molecule has 1 N–H and O–H groups in total. The number of halogens is 1. The van der Waals surface area contributed by atoms with E-state index in [2.05, 4.69) is 22.3 Å². The van der Waals surface area contributed by atoms with E-state index >= 15 is 0 Å². The fraction of sp³-hybridized carbons (Fsp3) is 0.519. The van der Waals surface area contributed by atoms with Crippen LogP contribution < -0.4 is 5.32 Å². The summed E-state index contributed by atoms with van der Waals surface area (Å²) in [6, 6.07) is 11.6. The molecule has 1 aromatic carbocycles. The molecular weight excluding hydrogens is 434 g/mol. The monoisotopic (exact) mass is 467 g/mol. The predicted octanol–water partition coefficient (Wildman–Crippen LogP) is 5.42. The number of benzene rings is 1. The molecule has 6 heteroatoms. The Bertz CT molecular complexity index is 985. The second kappa shape index (κ2) is 11.3. The van der Waals surface area contributed by atoms with Gasteiger partial charge in [-0.25, -0.2) is 4.98 Å². The van der Waals surface area contributed by atoms with E-state index in [-0.39, 0.29) is 17.7 Å². The van der Waals surface area contributed by atoms with Crippen LogP contribution in [-0.4, -0.2) is 41.1 Å². The smallest absolute Gasteiger partial charge is 0.151 e. The molecule has 0 spiro atoms. The summed E-state index contributed by atoms with van der Waals surface area (Å²) in [4.78, 5) is 32.1. The highest BCUT2D eigenvalue weighted by molar-refractivity contribution is 6.31. The second-order valence-electron chi connectivity index (χ2n) is 9.36. The first-order chi connectivity index (χ1) is 16.0. The lowest BCUT2D eigenvalue weighted by Crippen LogP contribution is -2.41. The van der Waals surface area contributed by atoms with Gasteiger partial charge in [0, 0.05) is 29.6 Å². The Morgan fingerprint density at radius 2 is 1.94 bits per heavy atom. The van der Waals surface area contributed by atoms with Crippen molar-refractivity contribution in [2.24, 2.45) is 5.92 Å². The van der Waals surface area contributed by atoms with Gasteiger partial charge in [-0.1, -0.05) is 35.9 Å². The van der Waals surface area contributed by atoms with E-state index in [1.165, 1.54) is 12.0 Å². The minimum absolute atomic E-state index is 0.0962. The first kappa shape index (κ1) is 23.9. The number of hydrogen-bond acceptors (Lipinski definition) is 5. The third-order valence-electron chi connectivity index (χ3n) is 6.99. The van der Waals surface area contributed by atoms with Crippen LogP contribution in [0.25, 0.3) is 0 Å². The minimum Gasteiger partial charge on any atom is -0.370 e. The third kappa shape index (κ3) is 6.01. The molecule has 3 heterocycles. The fourth-order valence-corrected chi connectivity index (χ4v) is 5.41. The van der Waals surface area contributed by atoms with Gasteiger partial charge in [-0.2, -0.15) is 0 Å². The molecule has 1 saturated heterocycles. The number of pyridine rings is 1. The molecule has 2 aliphatic heterocycles. The Hall–Kier alpha value is -2.24. The lowest BCUT2D eigenvalue weighted by molar-refractivity contribution is -0.126. The maximum Gasteiger partial charge on any atom is 0.151 e. The molecule has 1 atom stereocenters. The van der Waals surface area contributed by atoms with Crippen molar-refractivity contribution in [3.63, 3.8) is 0 Å². The van der Waals surface area contributed by atoms with E-state index < -0.39 is 0 Å². The number of hydrogen-bond donors (Lipinski definition) is 1. The van der Waals surface area contributed by atoms with Gasteiger partial charge in [-0.3, -0.25) is 14.5 Å². The first-order valence-corrected chi connectivity index (χ1v) is 12.6. The lowest BCUT2D eigenvalue weighted by Gasteiger charge is -2.36. The van der Waals surface area contributed by atoms with Crippen molar-refractivity contribution in [3.05, 3.63) is 58.2 Å². The summed E-state index contributed by atoms with van der Waals surface area (Å²) in [6.07, 6.45) is 7.33. The van der Waals surface area contributed by atoms with Crippen LogP contribution in [0.1, 0.15) is 68.3 Å². The Labute approximate surface area is 201 Å². The Kier molecular flexibility index (Phi) is 8.15. The maximum atomic E-state index is 12.8. The number of anilines is 1. The van der Waals surface area contributed by atoms with E-state index in [4.69, 9.17) is 16.6 Å². The average molecular weight is 468 g/mol. The van der Waals surface area contributed by atoms with Crippen LogP contribution in [-0.2, 0) is 22.4 Å². The van der Waals surface area contributed by atoms with Crippen molar-refractivity contribution >= 4 is 29.0 Å². The third-order valence-corrected chi connectivity index (χ3v) is 7.34. The van der Waals surface area contributed by atoms with Gasteiger partial charge in [-0.15, -0.1) is 0 Å². The molecular formula is C27H34ClN3O2. The predicted molar refractivity (Wildman–Crippen MR) is 133 cm³/mol. The zero-order chi connectivity index (χ0) is 23.2. The first-order valence-electron chi connectivity index (χ1n) is 12.3. The van der Waals surface area contributed by atoms with Crippen LogP contribution in [0.15, 0.2) is 36.4 Å². The highest BCUT2D eigenvalue weighted by Gasteiger charge is 2.32. The highest BCUT2D eigenvalue weighted by Crippen LogP contribution is 2.32. The molecule has 5 nitrogen and oxygen atoms in total. The number of carbonyl (C=O) groups is 2. The van der Waals surface area contributed by atoms with Crippen LogP contribution >= 0.6 is 11.6 Å². The summed E-state index contributed by atoms with van der Waals surface area (Å²) in [7, 11) is 0. The highest BCUT2D eigenvalue weighted by atomic mass is 35.5. The molecule has 0 bridgehead atoms. The lowest BCUT2D eigenvalue weighted by atomic mass is 9.88. The van der Waals surface area contributed by atoms with Gasteiger partial charge < -0.3 is 5.32 Å². The molecule has 4 rings (SSSR count). The molecule has 2 aliphatic rings. The second-order valence-corrected chi connectivity index (χ2v) is 9.77. The number of rotatable bonds is 9. The van der Waals surface area contributed by atoms with Gasteiger partial charge in [0.15, 0.2) is 5.78 Å². The number of piperidine rings is 1. The Balaban J connectivity index is 1.22. The summed E-state index contributed by atoms with van der Waals surface area (Å²) in [6.45, 7) is 4.12. The Morgan fingerprint density at radius 3 is 2.70 bits per heavy atom. The normalized spacial score (nSPS) is 17.8. The van der Waals surface area contributed by atoms with E-state index in [0.29, 0.717) is 17.2 Å². The molecule has 33 heavy (non-hydrogen) atoms. The van der Waals surface area contributed by atoms with Crippen molar-refractivity contribution in [1.82, 2.24) is 9.88 Å². The van der Waals surface area contributed by atoms with Crippen molar-refractivity contribution < 1.29 is 9.59 Å². The van der Waals surface area contributed by atoms with Gasteiger partial charge in [0.25, 0.3) is 0 Å². The average Bonchev–Trinajstić information content (AvgIpc) is 2.83. The number of Topliss-reactive ketones (excluding diaryl/α,β-unsaturated/α-hetero) is 2. The molecule has 0 radical (unpaired) electrons. The molecule has 1 fully saturated rings. The number of aryl methyl sites for hydroxylation is 2. The van der Waals surface area contributed by atoms with Crippen LogP contribution in [0, 0.1) is 5.92 Å². The van der Waals surface area contributed by atoms with E-state index in [0.717, 1.165) is 75.2 Å². The van der Waals surface area contributed by atoms with Gasteiger partial charge in [0.2, 0.25) is 0 Å². The van der Waals surface area contributed by atoms with E-state index in [1.807, 2.05) is 24.3 Å². The maximum absolute atomic E-state index is 12.8. The molecule has 0 saturated carbocycles. The number of aromatic nitrogens is 1. The molecule has 2 aromatic rings. The van der Waals surface area contributed by atoms with Crippen molar-refractivity contribution in [1.29, 1.82) is 0 Å². The number of nitrogens with zero attached hydrogens (tertiary/aromatic N) is 2. The molecule has 0 aliphatic carbocycles.